The summed E-state index contributed by atoms with van der Waals surface area (Å²) in [5.41, 5.74) is 4.95. The molecule has 0 atom stereocenters. The van der Waals surface area contributed by atoms with Gasteiger partial charge in [0.1, 0.15) is 11.3 Å². The maximum Gasteiger partial charge on any atom is 0.210 e. The van der Waals surface area contributed by atoms with Crippen molar-refractivity contribution in [2.24, 2.45) is 4.99 Å². The molecule has 160 valence electrons. The Bertz CT molecular complexity index is 1530. The summed E-state index contributed by atoms with van der Waals surface area (Å²) in [6, 6.07) is 20.0. The SMILES string of the molecule is COc1ccc(-c2cc(=Nc3nc4ccc(C)cc4s3)c3cc(C)ccc3o2)cc1OC. The Morgan fingerprint density at radius 3 is 2.44 bits per heavy atom. The van der Waals surface area contributed by atoms with E-state index in [1.54, 1.807) is 25.6 Å². The van der Waals surface area contributed by atoms with Crippen molar-refractivity contribution in [3.63, 3.8) is 0 Å². The van der Waals surface area contributed by atoms with Crippen molar-refractivity contribution in [1.82, 2.24) is 4.98 Å². The Balaban J connectivity index is 1.74. The average Bonchev–Trinajstić information content (AvgIpc) is 3.20. The number of nitrogens with zero attached hydrogens (tertiary/aromatic N) is 2. The minimum atomic E-state index is 0.643. The number of rotatable bonds is 4. The van der Waals surface area contributed by atoms with Crippen molar-refractivity contribution < 1.29 is 13.9 Å². The number of thiazole rings is 1. The van der Waals surface area contributed by atoms with E-state index in [0.29, 0.717) is 17.3 Å². The third kappa shape index (κ3) is 3.74. The van der Waals surface area contributed by atoms with E-state index in [0.717, 1.165) is 42.8 Å². The van der Waals surface area contributed by atoms with Gasteiger partial charge in [0.05, 0.1) is 29.8 Å². The zero-order chi connectivity index (χ0) is 22.2. The molecular weight excluding hydrogens is 420 g/mol. The molecule has 0 unspecified atom stereocenters. The lowest BCUT2D eigenvalue weighted by molar-refractivity contribution is 0.355. The van der Waals surface area contributed by atoms with Gasteiger partial charge in [-0.05, 0) is 61.9 Å². The lowest BCUT2D eigenvalue weighted by Gasteiger charge is -2.10. The summed E-state index contributed by atoms with van der Waals surface area (Å²) in [6.45, 7) is 4.15. The highest BCUT2D eigenvalue weighted by molar-refractivity contribution is 7.21. The van der Waals surface area contributed by atoms with Crippen LogP contribution in [0, 0.1) is 13.8 Å². The number of fused-ring (bicyclic) bond motifs is 2. The van der Waals surface area contributed by atoms with Gasteiger partial charge in [0.2, 0.25) is 5.13 Å². The summed E-state index contributed by atoms with van der Waals surface area (Å²) < 4.78 is 18.2. The van der Waals surface area contributed by atoms with Gasteiger partial charge in [-0.25, -0.2) is 9.98 Å². The smallest absolute Gasteiger partial charge is 0.210 e. The first-order valence-corrected chi connectivity index (χ1v) is 11.0. The van der Waals surface area contributed by atoms with Gasteiger partial charge in [0.15, 0.2) is 11.5 Å². The molecule has 0 spiro atoms. The molecule has 0 amide bonds. The number of ether oxygens (including phenoxy) is 2. The zero-order valence-electron chi connectivity index (χ0n) is 18.3. The highest BCUT2D eigenvalue weighted by Crippen LogP contribution is 2.33. The molecule has 2 heterocycles. The lowest BCUT2D eigenvalue weighted by atomic mass is 10.1. The van der Waals surface area contributed by atoms with Crippen LogP contribution in [0.25, 0.3) is 32.5 Å². The van der Waals surface area contributed by atoms with Gasteiger partial charge >= 0.3 is 0 Å². The fraction of sp³-hybridized carbons (Fsp3) is 0.154. The van der Waals surface area contributed by atoms with Crippen molar-refractivity contribution in [3.8, 4) is 22.8 Å². The maximum atomic E-state index is 6.26. The second-order valence-electron chi connectivity index (χ2n) is 7.64. The molecule has 5 nitrogen and oxygen atoms in total. The molecule has 0 aliphatic carbocycles. The van der Waals surface area contributed by atoms with E-state index < -0.39 is 0 Å². The van der Waals surface area contributed by atoms with E-state index in [-0.39, 0.29) is 0 Å². The van der Waals surface area contributed by atoms with Crippen molar-refractivity contribution in [3.05, 3.63) is 77.1 Å². The number of aryl methyl sites for hydroxylation is 2. The average molecular weight is 443 g/mol. The molecule has 0 saturated heterocycles. The Morgan fingerprint density at radius 2 is 1.62 bits per heavy atom. The predicted molar refractivity (Wildman–Crippen MR) is 129 cm³/mol. The van der Waals surface area contributed by atoms with Crippen molar-refractivity contribution in [2.75, 3.05) is 14.2 Å². The van der Waals surface area contributed by atoms with Crippen molar-refractivity contribution in [1.29, 1.82) is 0 Å². The van der Waals surface area contributed by atoms with Crippen LogP contribution in [0.15, 0.2) is 70.1 Å². The van der Waals surface area contributed by atoms with Crippen LogP contribution < -0.4 is 14.8 Å². The Morgan fingerprint density at radius 1 is 0.844 bits per heavy atom. The molecule has 5 rings (SSSR count). The molecule has 0 radical (unpaired) electrons. The zero-order valence-corrected chi connectivity index (χ0v) is 19.1. The van der Waals surface area contributed by atoms with Crippen LogP contribution in [-0.2, 0) is 0 Å². The molecule has 6 heteroatoms. The third-order valence-electron chi connectivity index (χ3n) is 5.32. The molecule has 32 heavy (non-hydrogen) atoms. The first kappa shape index (κ1) is 20.3. The molecule has 3 aromatic carbocycles. The van der Waals surface area contributed by atoms with Crippen LogP contribution in [0.4, 0.5) is 5.13 Å². The number of aromatic nitrogens is 1. The number of hydrogen-bond acceptors (Lipinski definition) is 6. The minimum Gasteiger partial charge on any atom is -0.493 e. The molecule has 5 aromatic rings. The summed E-state index contributed by atoms with van der Waals surface area (Å²) in [4.78, 5) is 9.65. The number of methoxy groups -OCH3 is 2. The van der Waals surface area contributed by atoms with Gasteiger partial charge in [-0.2, -0.15) is 0 Å². The Kier molecular flexibility index (Phi) is 5.15. The van der Waals surface area contributed by atoms with Gasteiger partial charge in [0, 0.05) is 17.0 Å². The van der Waals surface area contributed by atoms with Gasteiger partial charge < -0.3 is 13.9 Å². The molecule has 0 bridgehead atoms. The topological polar surface area (TPSA) is 56.9 Å². The predicted octanol–water partition coefficient (Wildman–Crippen LogP) is 6.58. The summed E-state index contributed by atoms with van der Waals surface area (Å²) in [5, 5.41) is 2.48. The van der Waals surface area contributed by atoms with E-state index in [2.05, 4.69) is 32.0 Å². The highest BCUT2D eigenvalue weighted by atomic mass is 32.1. The summed E-state index contributed by atoms with van der Waals surface area (Å²) >= 11 is 1.59. The van der Waals surface area contributed by atoms with Crippen molar-refractivity contribution >= 4 is 37.7 Å². The lowest BCUT2D eigenvalue weighted by Crippen LogP contribution is -2.03. The van der Waals surface area contributed by atoms with Crippen molar-refractivity contribution in [2.45, 2.75) is 13.8 Å². The maximum absolute atomic E-state index is 6.26. The standard InChI is InChI=1S/C26H22N2O3S/c1-15-6-9-21-18(11-15)20(28-26-27-19-8-5-16(2)12-25(19)32-26)14-23(31-21)17-7-10-22(29-3)24(13-17)30-4/h5-14H,1-4H3. The Labute approximate surface area is 189 Å². The quantitative estimate of drug-likeness (QED) is 0.316. The Hall–Kier alpha value is -3.64. The minimum absolute atomic E-state index is 0.643. The van der Waals surface area contributed by atoms with E-state index in [4.69, 9.17) is 23.9 Å². The number of hydrogen-bond donors (Lipinski definition) is 0. The highest BCUT2D eigenvalue weighted by Gasteiger charge is 2.11. The molecule has 2 aromatic heterocycles. The van der Waals surface area contributed by atoms with E-state index >= 15 is 0 Å². The van der Waals surface area contributed by atoms with Crippen LogP contribution >= 0.6 is 11.3 Å². The molecule has 0 N–H and O–H groups in total. The van der Waals surface area contributed by atoms with Gasteiger partial charge in [0.25, 0.3) is 0 Å². The molecular formula is C26H22N2O3S. The summed E-state index contributed by atoms with van der Waals surface area (Å²) in [5.74, 6) is 2.00. The fourth-order valence-electron chi connectivity index (χ4n) is 3.68. The third-order valence-corrected chi connectivity index (χ3v) is 6.23. The van der Waals surface area contributed by atoms with Crippen LogP contribution in [0.5, 0.6) is 11.5 Å². The molecule has 0 fully saturated rings. The van der Waals surface area contributed by atoms with E-state index in [1.165, 1.54) is 5.56 Å². The molecule has 0 aliphatic rings. The second-order valence-corrected chi connectivity index (χ2v) is 8.65. The van der Waals surface area contributed by atoms with Crippen LogP contribution in [0.1, 0.15) is 11.1 Å². The number of benzene rings is 3. The van der Waals surface area contributed by atoms with Gasteiger partial charge in [-0.15, -0.1) is 0 Å². The molecule has 0 saturated carbocycles. The van der Waals surface area contributed by atoms with Crippen LogP contribution in [0.3, 0.4) is 0 Å². The first-order chi connectivity index (χ1) is 15.5. The van der Waals surface area contributed by atoms with E-state index in [1.807, 2.05) is 42.5 Å². The summed E-state index contributed by atoms with van der Waals surface area (Å²) in [7, 11) is 3.24. The first-order valence-electron chi connectivity index (χ1n) is 10.2. The van der Waals surface area contributed by atoms with Crippen LogP contribution in [0.2, 0.25) is 0 Å². The normalized spacial score (nSPS) is 11.9. The fourth-order valence-corrected chi connectivity index (χ4v) is 4.63. The second kappa shape index (κ2) is 8.13. The van der Waals surface area contributed by atoms with E-state index in [9.17, 15) is 0 Å². The summed E-state index contributed by atoms with van der Waals surface area (Å²) in [6.07, 6.45) is 0. The van der Waals surface area contributed by atoms with Gasteiger partial charge in [-0.1, -0.05) is 29.0 Å². The van der Waals surface area contributed by atoms with Gasteiger partial charge in [-0.3, -0.25) is 0 Å². The largest absolute Gasteiger partial charge is 0.493 e. The van der Waals surface area contributed by atoms with Crippen LogP contribution in [-0.4, -0.2) is 19.2 Å². The molecule has 0 aliphatic heterocycles. The monoisotopic (exact) mass is 442 g/mol.